The van der Waals surface area contributed by atoms with E-state index in [0.717, 1.165) is 0 Å². The Balaban J connectivity index is -0.0000000740. The topological polar surface area (TPSA) is 43.4 Å². The maximum atomic E-state index is 10.4. The van der Waals surface area contributed by atoms with Gasteiger partial charge < -0.3 is 4.74 Å². The molecule has 3 nitrogen and oxygen atoms in total. The Kier molecular flexibility index (Phi) is 32.3. The van der Waals surface area contributed by atoms with Gasteiger partial charge in [-0.05, 0) is 13.8 Å². The molecule has 0 amide bonds. The Hall–Kier alpha value is -0.110. The summed E-state index contributed by atoms with van der Waals surface area (Å²) in [4.78, 5) is 10.4. The molecule has 12 heavy (non-hydrogen) atoms. The summed E-state index contributed by atoms with van der Waals surface area (Å²) in [6.45, 7) is 7.21. The van der Waals surface area contributed by atoms with Gasteiger partial charge in [0.2, 0.25) is 0 Å². The van der Waals surface area contributed by atoms with E-state index in [1.807, 2.05) is 0 Å². The van der Waals surface area contributed by atoms with Crippen molar-refractivity contribution in [3.8, 4) is 0 Å². The Morgan fingerprint density at radius 2 is 1.75 bits per heavy atom. The maximum absolute atomic E-state index is 10.4. The van der Waals surface area contributed by atoms with Gasteiger partial charge in [-0.3, -0.25) is 4.57 Å². The summed E-state index contributed by atoms with van der Waals surface area (Å²) in [6.07, 6.45) is 0. The molecular formula is C6H13Cl2O3P. The summed E-state index contributed by atoms with van der Waals surface area (Å²) in [5.41, 5.74) is 0.451. The predicted molar refractivity (Wildman–Crippen MR) is 54.9 cm³/mol. The van der Waals surface area contributed by atoms with Crippen LogP contribution in [0.15, 0.2) is 12.2 Å². The molecule has 0 aromatic carbocycles. The summed E-state index contributed by atoms with van der Waals surface area (Å²) in [5.74, 6) is -0.312. The lowest BCUT2D eigenvalue weighted by atomic mass is 10.4. The van der Waals surface area contributed by atoms with Crippen LogP contribution in [0.5, 0.6) is 0 Å². The molecule has 0 aliphatic rings. The van der Waals surface area contributed by atoms with Gasteiger partial charge in [-0.25, -0.2) is 4.79 Å². The Morgan fingerprint density at radius 1 is 1.42 bits per heavy atom. The van der Waals surface area contributed by atoms with Crippen LogP contribution in [0.3, 0.4) is 0 Å². The first-order valence-electron chi connectivity index (χ1n) is 2.71. The van der Waals surface area contributed by atoms with Gasteiger partial charge in [-0.15, -0.1) is 24.8 Å². The Labute approximate surface area is 87.0 Å². The standard InChI is InChI=1S/C6H10O2.2ClH.HOP/c1-4-8-6(7)5(2)3;;;1-2/h2,4H2,1,3H3;2*1H;2H. The Bertz CT molecular complexity index is 130. The van der Waals surface area contributed by atoms with E-state index in [2.05, 4.69) is 11.3 Å². The molecule has 0 rings (SSSR count). The van der Waals surface area contributed by atoms with Crippen molar-refractivity contribution < 1.29 is 14.1 Å². The second kappa shape index (κ2) is 17.1. The smallest absolute Gasteiger partial charge is 0.333 e. The van der Waals surface area contributed by atoms with E-state index >= 15 is 0 Å². The van der Waals surface area contributed by atoms with E-state index in [4.69, 9.17) is 4.57 Å². The fraction of sp³-hybridized carbons (Fsp3) is 0.500. The largest absolute Gasteiger partial charge is 0.463 e. The van der Waals surface area contributed by atoms with Crippen molar-refractivity contribution in [2.75, 3.05) is 6.61 Å². The first kappa shape index (κ1) is 22.7. The van der Waals surface area contributed by atoms with Crippen LogP contribution in [0.4, 0.5) is 0 Å². The molecule has 0 radical (unpaired) electrons. The van der Waals surface area contributed by atoms with Crippen LogP contribution in [0, 0.1) is 0 Å². The molecule has 0 bridgehead atoms. The van der Waals surface area contributed by atoms with E-state index in [0.29, 0.717) is 12.2 Å². The predicted octanol–water partition coefficient (Wildman–Crippen LogP) is 2.44. The first-order chi connectivity index (χ1) is 4.68. The second-order valence-electron chi connectivity index (χ2n) is 1.50. The van der Waals surface area contributed by atoms with Gasteiger partial charge in [0.1, 0.15) is 9.12 Å². The third-order valence-corrected chi connectivity index (χ3v) is 0.624. The number of carbonyl (C=O) groups is 1. The minimum Gasteiger partial charge on any atom is -0.463 e. The number of hydrogen-bond acceptors (Lipinski definition) is 3. The lowest BCUT2D eigenvalue weighted by molar-refractivity contribution is -0.138. The molecule has 0 aliphatic heterocycles. The molecule has 0 aromatic rings. The van der Waals surface area contributed by atoms with E-state index in [9.17, 15) is 4.79 Å². The highest BCUT2D eigenvalue weighted by molar-refractivity contribution is 7.00. The highest BCUT2D eigenvalue weighted by Gasteiger charge is 1.98. The van der Waals surface area contributed by atoms with E-state index in [1.54, 1.807) is 23.0 Å². The number of halogens is 2. The van der Waals surface area contributed by atoms with Crippen molar-refractivity contribution in [1.29, 1.82) is 0 Å². The number of rotatable bonds is 2. The van der Waals surface area contributed by atoms with Crippen LogP contribution in [0.1, 0.15) is 13.8 Å². The molecule has 0 fully saturated rings. The molecule has 0 N–H and O–H groups in total. The van der Waals surface area contributed by atoms with Crippen molar-refractivity contribution in [2.24, 2.45) is 0 Å². The van der Waals surface area contributed by atoms with Crippen molar-refractivity contribution in [3.05, 3.63) is 12.2 Å². The molecule has 74 valence electrons. The van der Waals surface area contributed by atoms with Gasteiger partial charge in [0.05, 0.1) is 6.61 Å². The minimum absolute atomic E-state index is 0. The van der Waals surface area contributed by atoms with E-state index in [-0.39, 0.29) is 30.8 Å². The van der Waals surface area contributed by atoms with Gasteiger partial charge in [-0.2, -0.15) is 0 Å². The van der Waals surface area contributed by atoms with Gasteiger partial charge >= 0.3 is 5.97 Å². The maximum Gasteiger partial charge on any atom is 0.333 e. The van der Waals surface area contributed by atoms with Gasteiger partial charge in [-0.1, -0.05) is 6.58 Å². The lowest BCUT2D eigenvalue weighted by Crippen LogP contribution is -2.03. The SMILES string of the molecule is C=C(C)C(=O)OCC.Cl.Cl.O=P. The van der Waals surface area contributed by atoms with Crippen LogP contribution >= 0.6 is 33.9 Å². The van der Waals surface area contributed by atoms with E-state index < -0.39 is 0 Å². The van der Waals surface area contributed by atoms with Crippen molar-refractivity contribution in [3.63, 3.8) is 0 Å². The van der Waals surface area contributed by atoms with Crippen molar-refractivity contribution in [2.45, 2.75) is 13.8 Å². The van der Waals surface area contributed by atoms with Gasteiger partial charge in [0.15, 0.2) is 0 Å². The lowest BCUT2D eigenvalue weighted by Gasteiger charge is -1.96. The molecule has 0 unspecified atom stereocenters. The molecule has 0 saturated heterocycles. The third kappa shape index (κ3) is 16.5. The normalized spacial score (nSPS) is 5.83. The summed E-state index contributed by atoms with van der Waals surface area (Å²) < 4.78 is 12.6. The third-order valence-electron chi connectivity index (χ3n) is 0.624. The number of ether oxygens (including phenoxy) is 1. The molecule has 0 aromatic heterocycles. The van der Waals surface area contributed by atoms with E-state index in [1.165, 1.54) is 0 Å². The molecular weight excluding hydrogens is 222 g/mol. The molecule has 0 saturated carbocycles. The average Bonchev–Trinajstić information content (AvgIpc) is 1.93. The number of esters is 1. The van der Waals surface area contributed by atoms with Crippen LogP contribution in [-0.4, -0.2) is 12.6 Å². The fourth-order valence-electron chi connectivity index (χ4n) is 0.254. The second-order valence-corrected chi connectivity index (χ2v) is 1.50. The zero-order valence-corrected chi connectivity index (χ0v) is 9.59. The summed E-state index contributed by atoms with van der Waals surface area (Å²) >= 11 is 0. The quantitative estimate of drug-likeness (QED) is 0.419. The Morgan fingerprint density at radius 3 is 1.83 bits per heavy atom. The molecule has 0 atom stereocenters. The highest BCUT2D eigenvalue weighted by Crippen LogP contribution is 1.89. The number of hydrogen-bond donors (Lipinski definition) is 0. The molecule has 0 spiro atoms. The van der Waals surface area contributed by atoms with Gasteiger partial charge in [0, 0.05) is 5.57 Å². The molecule has 0 aliphatic carbocycles. The van der Waals surface area contributed by atoms with Crippen LogP contribution in [-0.2, 0) is 14.1 Å². The molecule has 6 heteroatoms. The van der Waals surface area contributed by atoms with Gasteiger partial charge in [0.25, 0.3) is 0 Å². The monoisotopic (exact) mass is 234 g/mol. The summed E-state index contributed by atoms with van der Waals surface area (Å²) in [5, 5.41) is 0. The van der Waals surface area contributed by atoms with Crippen molar-refractivity contribution >= 4 is 39.9 Å². The summed E-state index contributed by atoms with van der Waals surface area (Å²) in [6, 6.07) is 0. The highest BCUT2D eigenvalue weighted by atomic mass is 35.5. The van der Waals surface area contributed by atoms with Crippen LogP contribution in [0.25, 0.3) is 0 Å². The average molecular weight is 235 g/mol. The number of carbonyl (C=O) groups excluding carboxylic acids is 1. The molecule has 0 heterocycles. The van der Waals surface area contributed by atoms with Crippen LogP contribution in [0.2, 0.25) is 0 Å². The van der Waals surface area contributed by atoms with Crippen molar-refractivity contribution in [1.82, 2.24) is 0 Å². The summed E-state index contributed by atoms with van der Waals surface area (Å²) in [7, 11) is 1.72. The zero-order valence-electron chi connectivity index (χ0n) is 6.96. The van der Waals surface area contributed by atoms with Crippen LogP contribution < -0.4 is 0 Å². The first-order valence-corrected chi connectivity index (χ1v) is 3.12. The fourth-order valence-corrected chi connectivity index (χ4v) is 0.254. The minimum atomic E-state index is -0.312. The zero-order chi connectivity index (χ0) is 8.57.